The second kappa shape index (κ2) is 3.96. The molecule has 0 saturated heterocycles. The van der Waals surface area contributed by atoms with Gasteiger partial charge >= 0.3 is 12.1 Å². The minimum Gasteiger partial charge on any atom is -0.481 e. The lowest BCUT2D eigenvalue weighted by Gasteiger charge is -2.05. The van der Waals surface area contributed by atoms with Crippen molar-refractivity contribution in [3.8, 4) is 0 Å². The van der Waals surface area contributed by atoms with E-state index in [1.165, 1.54) is 6.92 Å². The standard InChI is InChI=1S/C9H9F3O3/c1-5(4-8(13)14)6-2-3-7(15-6)9(10,11)12/h2-3,5H,4H2,1H3,(H,13,14). The van der Waals surface area contributed by atoms with E-state index in [0.717, 1.165) is 12.1 Å². The molecule has 0 saturated carbocycles. The number of alkyl halides is 3. The van der Waals surface area contributed by atoms with Crippen molar-refractivity contribution in [2.75, 3.05) is 0 Å². The van der Waals surface area contributed by atoms with Crippen molar-refractivity contribution in [1.29, 1.82) is 0 Å². The molecule has 0 radical (unpaired) electrons. The fraction of sp³-hybridized carbons (Fsp3) is 0.444. The molecular weight excluding hydrogens is 213 g/mol. The van der Waals surface area contributed by atoms with Crippen LogP contribution in [0, 0.1) is 0 Å². The minimum absolute atomic E-state index is 0.0322. The Morgan fingerprint density at radius 1 is 1.53 bits per heavy atom. The second-order valence-electron chi connectivity index (χ2n) is 3.20. The number of carboxylic acid groups (broad SMARTS) is 1. The minimum atomic E-state index is -4.53. The van der Waals surface area contributed by atoms with Gasteiger partial charge in [-0.25, -0.2) is 0 Å². The van der Waals surface area contributed by atoms with E-state index in [-0.39, 0.29) is 12.2 Å². The van der Waals surface area contributed by atoms with Crippen molar-refractivity contribution in [2.24, 2.45) is 0 Å². The number of carboxylic acids is 1. The van der Waals surface area contributed by atoms with Gasteiger partial charge in [0.25, 0.3) is 0 Å². The highest BCUT2D eigenvalue weighted by Gasteiger charge is 2.35. The summed E-state index contributed by atoms with van der Waals surface area (Å²) in [6, 6.07) is 1.95. The van der Waals surface area contributed by atoms with Crippen LogP contribution in [0.1, 0.15) is 30.8 Å². The highest BCUT2D eigenvalue weighted by Crippen LogP contribution is 2.33. The van der Waals surface area contributed by atoms with Gasteiger partial charge in [0.1, 0.15) is 5.76 Å². The van der Waals surface area contributed by atoms with E-state index in [1.807, 2.05) is 0 Å². The van der Waals surface area contributed by atoms with Gasteiger partial charge in [-0.2, -0.15) is 13.2 Å². The van der Waals surface area contributed by atoms with Crippen molar-refractivity contribution < 1.29 is 27.5 Å². The number of rotatable bonds is 3. The molecule has 15 heavy (non-hydrogen) atoms. The fourth-order valence-corrected chi connectivity index (χ4v) is 1.13. The zero-order valence-electron chi connectivity index (χ0n) is 7.84. The number of aliphatic carboxylic acids is 1. The normalized spacial score (nSPS) is 13.9. The number of hydrogen-bond donors (Lipinski definition) is 1. The highest BCUT2D eigenvalue weighted by molar-refractivity contribution is 5.67. The van der Waals surface area contributed by atoms with Crippen LogP contribution in [0.4, 0.5) is 13.2 Å². The smallest absolute Gasteiger partial charge is 0.449 e. The lowest BCUT2D eigenvalue weighted by atomic mass is 10.1. The van der Waals surface area contributed by atoms with E-state index in [2.05, 4.69) is 4.42 Å². The SMILES string of the molecule is CC(CC(=O)O)c1ccc(C(F)(F)F)o1. The van der Waals surface area contributed by atoms with Gasteiger partial charge in [-0.15, -0.1) is 0 Å². The molecule has 6 heteroatoms. The van der Waals surface area contributed by atoms with Crippen molar-refractivity contribution in [2.45, 2.75) is 25.4 Å². The third kappa shape index (κ3) is 3.00. The quantitative estimate of drug-likeness (QED) is 0.855. The van der Waals surface area contributed by atoms with Crippen LogP contribution in [0.5, 0.6) is 0 Å². The largest absolute Gasteiger partial charge is 0.481 e. The molecule has 3 nitrogen and oxygen atoms in total. The van der Waals surface area contributed by atoms with Gasteiger partial charge in [0.05, 0.1) is 6.42 Å². The maximum absolute atomic E-state index is 12.1. The first-order valence-electron chi connectivity index (χ1n) is 4.19. The second-order valence-corrected chi connectivity index (χ2v) is 3.20. The molecule has 0 aliphatic rings. The maximum atomic E-state index is 12.1. The topological polar surface area (TPSA) is 50.4 Å². The first-order chi connectivity index (χ1) is 6.80. The number of furan rings is 1. The lowest BCUT2D eigenvalue weighted by Crippen LogP contribution is -2.04. The Hall–Kier alpha value is -1.46. The Morgan fingerprint density at radius 2 is 2.13 bits per heavy atom. The summed E-state index contributed by atoms with van der Waals surface area (Å²) in [6.45, 7) is 1.49. The molecule has 0 fully saturated rings. The Morgan fingerprint density at radius 3 is 2.53 bits per heavy atom. The Labute approximate surface area is 83.5 Å². The van der Waals surface area contributed by atoms with Gasteiger partial charge < -0.3 is 9.52 Å². The van der Waals surface area contributed by atoms with Crippen molar-refractivity contribution in [1.82, 2.24) is 0 Å². The van der Waals surface area contributed by atoms with E-state index in [4.69, 9.17) is 5.11 Å². The highest BCUT2D eigenvalue weighted by atomic mass is 19.4. The average Bonchev–Trinajstić information content (AvgIpc) is 2.48. The summed E-state index contributed by atoms with van der Waals surface area (Å²) in [5.74, 6) is -2.72. The molecule has 1 rings (SSSR count). The molecule has 84 valence electrons. The van der Waals surface area contributed by atoms with Crippen LogP contribution in [-0.4, -0.2) is 11.1 Å². The molecule has 1 heterocycles. The first-order valence-corrected chi connectivity index (χ1v) is 4.19. The average molecular weight is 222 g/mol. The van der Waals surface area contributed by atoms with Crippen LogP contribution < -0.4 is 0 Å². The maximum Gasteiger partial charge on any atom is 0.449 e. The van der Waals surface area contributed by atoms with Gasteiger partial charge in [0, 0.05) is 5.92 Å². The van der Waals surface area contributed by atoms with E-state index in [0.29, 0.717) is 0 Å². The van der Waals surface area contributed by atoms with Crippen LogP contribution in [0.2, 0.25) is 0 Å². The predicted octanol–water partition coefficient (Wildman–Crippen LogP) is 2.88. The van der Waals surface area contributed by atoms with Crippen LogP contribution in [-0.2, 0) is 11.0 Å². The molecule has 0 spiro atoms. The molecule has 0 aliphatic heterocycles. The zero-order chi connectivity index (χ0) is 11.6. The van der Waals surface area contributed by atoms with Crippen molar-refractivity contribution >= 4 is 5.97 Å². The summed E-state index contributed by atoms with van der Waals surface area (Å²) in [4.78, 5) is 10.3. The Bertz CT molecular complexity index is 354. The van der Waals surface area contributed by atoms with Gasteiger partial charge in [0.2, 0.25) is 5.76 Å². The molecule has 0 aliphatic carbocycles. The first kappa shape index (κ1) is 11.6. The van der Waals surface area contributed by atoms with Crippen LogP contribution in [0.25, 0.3) is 0 Å². The Kier molecular flexibility index (Phi) is 3.06. The van der Waals surface area contributed by atoms with Crippen molar-refractivity contribution in [3.05, 3.63) is 23.7 Å². The van der Waals surface area contributed by atoms with Gasteiger partial charge in [0.15, 0.2) is 0 Å². The molecule has 1 aromatic heterocycles. The molecule has 1 N–H and O–H groups in total. The van der Waals surface area contributed by atoms with Crippen LogP contribution in [0.3, 0.4) is 0 Å². The van der Waals surface area contributed by atoms with E-state index >= 15 is 0 Å². The number of halogens is 3. The Balaban J connectivity index is 2.80. The van der Waals surface area contributed by atoms with Crippen molar-refractivity contribution in [3.63, 3.8) is 0 Å². The molecule has 0 aromatic carbocycles. The summed E-state index contributed by atoms with van der Waals surface area (Å²) >= 11 is 0. The van der Waals surface area contributed by atoms with E-state index in [9.17, 15) is 18.0 Å². The summed E-state index contributed by atoms with van der Waals surface area (Å²) in [5.41, 5.74) is 0. The van der Waals surface area contributed by atoms with Gasteiger partial charge in [-0.1, -0.05) is 6.92 Å². The molecule has 1 aromatic rings. The fourth-order valence-electron chi connectivity index (χ4n) is 1.13. The molecule has 0 amide bonds. The van der Waals surface area contributed by atoms with Crippen LogP contribution >= 0.6 is 0 Å². The number of hydrogen-bond acceptors (Lipinski definition) is 2. The van der Waals surface area contributed by atoms with Gasteiger partial charge in [-0.05, 0) is 12.1 Å². The monoisotopic (exact) mass is 222 g/mol. The summed E-state index contributed by atoms with van der Waals surface area (Å²) < 4.78 is 40.9. The number of carbonyl (C=O) groups is 1. The third-order valence-corrected chi connectivity index (χ3v) is 1.87. The van der Waals surface area contributed by atoms with E-state index in [1.54, 1.807) is 0 Å². The lowest BCUT2D eigenvalue weighted by molar-refractivity contribution is -0.153. The van der Waals surface area contributed by atoms with E-state index < -0.39 is 23.8 Å². The summed E-state index contributed by atoms with van der Waals surface area (Å²) in [5, 5.41) is 8.45. The van der Waals surface area contributed by atoms with Crippen LogP contribution in [0.15, 0.2) is 16.5 Å². The van der Waals surface area contributed by atoms with Gasteiger partial charge in [-0.3, -0.25) is 4.79 Å². The molecular formula is C9H9F3O3. The molecule has 0 bridgehead atoms. The molecule has 1 unspecified atom stereocenters. The zero-order valence-corrected chi connectivity index (χ0v) is 7.84. The predicted molar refractivity (Wildman–Crippen MR) is 44.4 cm³/mol. The molecule has 1 atom stereocenters. The third-order valence-electron chi connectivity index (χ3n) is 1.87. The summed E-state index contributed by atoms with van der Waals surface area (Å²) in [7, 11) is 0. The summed E-state index contributed by atoms with van der Waals surface area (Å²) in [6.07, 6.45) is -4.79.